The molecule has 2 aromatic rings. The van der Waals surface area contributed by atoms with Crippen molar-refractivity contribution in [1.29, 1.82) is 0 Å². The van der Waals surface area contributed by atoms with Crippen LogP contribution in [0.5, 0.6) is 5.75 Å². The first kappa shape index (κ1) is 18.0. The summed E-state index contributed by atoms with van der Waals surface area (Å²) in [7, 11) is 1.62. The molecule has 0 aliphatic carbocycles. The van der Waals surface area contributed by atoms with Gasteiger partial charge in [0, 0.05) is 12.2 Å². The number of nitrogens with zero attached hydrogens (tertiary/aromatic N) is 1. The van der Waals surface area contributed by atoms with Crippen molar-refractivity contribution in [2.45, 2.75) is 26.7 Å². The van der Waals surface area contributed by atoms with E-state index in [0.29, 0.717) is 12.1 Å². The maximum Gasteiger partial charge on any atom is 0.338 e. The van der Waals surface area contributed by atoms with E-state index in [9.17, 15) is 9.59 Å². The van der Waals surface area contributed by atoms with Crippen LogP contribution in [-0.2, 0) is 16.0 Å². The normalized spacial score (nSPS) is 13.1. The summed E-state index contributed by atoms with van der Waals surface area (Å²) in [6, 6.07) is 11.2. The lowest BCUT2D eigenvalue weighted by atomic mass is 10.0. The largest absolute Gasteiger partial charge is 0.497 e. The molecule has 5 heteroatoms. The summed E-state index contributed by atoms with van der Waals surface area (Å²) in [5.74, 6) is 0.0882. The molecule has 1 heterocycles. The second-order valence-electron chi connectivity index (χ2n) is 6.60. The van der Waals surface area contributed by atoms with Crippen LogP contribution in [0.1, 0.15) is 33.5 Å². The van der Waals surface area contributed by atoms with Crippen molar-refractivity contribution >= 4 is 17.6 Å². The van der Waals surface area contributed by atoms with Gasteiger partial charge in [0.2, 0.25) is 0 Å². The number of aryl methyl sites for hydroxylation is 3. The SMILES string of the molecule is COc1ccc2c(c1)CCCN2C(=O)COC(=O)c1cc(C)cc(C)c1. The zero-order valence-corrected chi connectivity index (χ0v) is 15.4. The Labute approximate surface area is 153 Å². The highest BCUT2D eigenvalue weighted by molar-refractivity contribution is 5.98. The zero-order valence-electron chi connectivity index (χ0n) is 15.4. The van der Waals surface area contributed by atoms with Gasteiger partial charge in [-0.2, -0.15) is 0 Å². The number of rotatable bonds is 4. The van der Waals surface area contributed by atoms with Crippen molar-refractivity contribution in [2.24, 2.45) is 0 Å². The molecule has 1 amide bonds. The Morgan fingerprint density at radius 3 is 2.50 bits per heavy atom. The molecule has 0 bridgehead atoms. The van der Waals surface area contributed by atoms with E-state index in [1.165, 1.54) is 0 Å². The Kier molecular flexibility index (Phi) is 5.26. The van der Waals surface area contributed by atoms with E-state index in [4.69, 9.17) is 9.47 Å². The van der Waals surface area contributed by atoms with Gasteiger partial charge < -0.3 is 14.4 Å². The average Bonchev–Trinajstić information content (AvgIpc) is 2.64. The Morgan fingerprint density at radius 1 is 1.08 bits per heavy atom. The number of ether oxygens (including phenoxy) is 2. The topological polar surface area (TPSA) is 55.8 Å². The van der Waals surface area contributed by atoms with Crippen molar-refractivity contribution < 1.29 is 19.1 Å². The first-order valence-electron chi connectivity index (χ1n) is 8.70. The Bertz CT molecular complexity index is 824. The minimum Gasteiger partial charge on any atom is -0.497 e. The molecule has 0 unspecified atom stereocenters. The van der Waals surface area contributed by atoms with Crippen LogP contribution in [-0.4, -0.2) is 32.1 Å². The fourth-order valence-electron chi connectivity index (χ4n) is 3.34. The maximum absolute atomic E-state index is 12.6. The number of methoxy groups -OCH3 is 1. The summed E-state index contributed by atoms with van der Waals surface area (Å²) >= 11 is 0. The second-order valence-corrected chi connectivity index (χ2v) is 6.60. The van der Waals surface area contributed by atoms with Crippen molar-refractivity contribution in [3.05, 3.63) is 58.7 Å². The quantitative estimate of drug-likeness (QED) is 0.790. The summed E-state index contributed by atoms with van der Waals surface area (Å²) in [6.07, 6.45) is 1.77. The summed E-state index contributed by atoms with van der Waals surface area (Å²) in [5.41, 5.74) is 4.39. The van der Waals surface area contributed by atoms with E-state index < -0.39 is 5.97 Å². The third-order valence-electron chi connectivity index (χ3n) is 4.49. The molecule has 1 aliphatic heterocycles. The molecule has 0 saturated carbocycles. The van der Waals surface area contributed by atoms with Crippen LogP contribution in [0.3, 0.4) is 0 Å². The predicted molar refractivity (Wildman–Crippen MR) is 99.9 cm³/mol. The number of benzene rings is 2. The molecule has 136 valence electrons. The molecule has 26 heavy (non-hydrogen) atoms. The van der Waals surface area contributed by atoms with Gasteiger partial charge >= 0.3 is 5.97 Å². The van der Waals surface area contributed by atoms with Crippen LogP contribution in [0, 0.1) is 13.8 Å². The monoisotopic (exact) mass is 353 g/mol. The van der Waals surface area contributed by atoms with Gasteiger partial charge in [-0.15, -0.1) is 0 Å². The third-order valence-corrected chi connectivity index (χ3v) is 4.49. The highest BCUT2D eigenvalue weighted by Gasteiger charge is 2.24. The third kappa shape index (κ3) is 3.87. The molecule has 5 nitrogen and oxygen atoms in total. The molecule has 2 aromatic carbocycles. The maximum atomic E-state index is 12.6. The highest BCUT2D eigenvalue weighted by atomic mass is 16.5. The van der Waals surface area contributed by atoms with Crippen LogP contribution in [0.2, 0.25) is 0 Å². The summed E-state index contributed by atoms with van der Waals surface area (Å²) in [6.45, 7) is 4.21. The molecule has 0 N–H and O–H groups in total. The molecular weight excluding hydrogens is 330 g/mol. The van der Waals surface area contributed by atoms with Gasteiger partial charge in [0.05, 0.1) is 12.7 Å². The first-order valence-corrected chi connectivity index (χ1v) is 8.70. The molecule has 3 rings (SSSR count). The Hall–Kier alpha value is -2.82. The number of esters is 1. The number of fused-ring (bicyclic) bond motifs is 1. The van der Waals surface area contributed by atoms with Crippen molar-refractivity contribution in [2.75, 3.05) is 25.2 Å². The Balaban J connectivity index is 1.68. The fraction of sp³-hybridized carbons (Fsp3) is 0.333. The summed E-state index contributed by atoms with van der Waals surface area (Å²) < 4.78 is 10.5. The molecular formula is C21H23NO4. The molecule has 0 fully saturated rings. The van der Waals surface area contributed by atoms with Crippen LogP contribution in [0.15, 0.2) is 36.4 Å². The van der Waals surface area contributed by atoms with Gasteiger partial charge in [0.25, 0.3) is 5.91 Å². The van der Waals surface area contributed by atoms with Gasteiger partial charge in [0.1, 0.15) is 5.75 Å². The zero-order chi connectivity index (χ0) is 18.7. The number of anilines is 1. The number of carbonyl (C=O) groups is 2. The molecule has 0 spiro atoms. The van der Waals surface area contributed by atoms with Gasteiger partial charge in [-0.25, -0.2) is 4.79 Å². The van der Waals surface area contributed by atoms with Crippen LogP contribution in [0.25, 0.3) is 0 Å². The average molecular weight is 353 g/mol. The van der Waals surface area contributed by atoms with Crippen molar-refractivity contribution in [1.82, 2.24) is 0 Å². The number of hydrogen-bond donors (Lipinski definition) is 0. The Morgan fingerprint density at radius 2 is 1.81 bits per heavy atom. The molecule has 0 atom stereocenters. The molecule has 0 saturated heterocycles. The van der Waals surface area contributed by atoms with E-state index in [0.717, 1.165) is 41.0 Å². The summed E-state index contributed by atoms with van der Waals surface area (Å²) in [5, 5.41) is 0. The molecule has 1 aliphatic rings. The van der Waals surface area contributed by atoms with E-state index in [1.807, 2.05) is 38.1 Å². The summed E-state index contributed by atoms with van der Waals surface area (Å²) in [4.78, 5) is 26.5. The van der Waals surface area contributed by atoms with Crippen molar-refractivity contribution in [3.63, 3.8) is 0 Å². The minimum atomic E-state index is -0.475. The molecule has 0 aromatic heterocycles. The molecule has 0 radical (unpaired) electrons. The smallest absolute Gasteiger partial charge is 0.338 e. The van der Waals surface area contributed by atoms with Crippen LogP contribution < -0.4 is 9.64 Å². The first-order chi connectivity index (χ1) is 12.5. The lowest BCUT2D eigenvalue weighted by Gasteiger charge is -2.29. The van der Waals surface area contributed by atoms with E-state index >= 15 is 0 Å². The number of carbonyl (C=O) groups excluding carboxylic acids is 2. The standard InChI is InChI=1S/C21H23NO4/c1-14-9-15(2)11-17(10-14)21(24)26-13-20(23)22-8-4-5-16-12-18(25-3)6-7-19(16)22/h6-7,9-12H,4-5,8,13H2,1-3H3. The van der Waals surface area contributed by atoms with Gasteiger partial charge in [-0.1, -0.05) is 17.2 Å². The fourth-order valence-corrected chi connectivity index (χ4v) is 3.34. The lowest BCUT2D eigenvalue weighted by Crippen LogP contribution is -2.38. The number of hydrogen-bond acceptors (Lipinski definition) is 4. The second kappa shape index (κ2) is 7.60. The number of amides is 1. The van der Waals surface area contributed by atoms with Gasteiger partial charge in [-0.3, -0.25) is 4.79 Å². The van der Waals surface area contributed by atoms with E-state index in [1.54, 1.807) is 24.1 Å². The van der Waals surface area contributed by atoms with Crippen molar-refractivity contribution in [3.8, 4) is 5.75 Å². The minimum absolute atomic E-state index is 0.214. The van der Waals surface area contributed by atoms with Crippen LogP contribution >= 0.6 is 0 Å². The van der Waals surface area contributed by atoms with Gasteiger partial charge in [-0.05, 0) is 62.6 Å². The van der Waals surface area contributed by atoms with E-state index in [-0.39, 0.29) is 12.5 Å². The van der Waals surface area contributed by atoms with E-state index in [2.05, 4.69) is 0 Å². The lowest BCUT2D eigenvalue weighted by molar-refractivity contribution is -0.121. The predicted octanol–water partition coefficient (Wildman–Crippen LogP) is 3.45. The highest BCUT2D eigenvalue weighted by Crippen LogP contribution is 2.30. The van der Waals surface area contributed by atoms with Crippen LogP contribution in [0.4, 0.5) is 5.69 Å². The van der Waals surface area contributed by atoms with Gasteiger partial charge in [0.15, 0.2) is 6.61 Å².